The van der Waals surface area contributed by atoms with Crippen molar-refractivity contribution in [3.8, 4) is 11.3 Å². The molecule has 30 heavy (non-hydrogen) atoms. The molecule has 0 aliphatic carbocycles. The third-order valence-electron chi connectivity index (χ3n) is 5.99. The van der Waals surface area contributed by atoms with Crippen LogP contribution in [0.1, 0.15) is 37.5 Å². The van der Waals surface area contributed by atoms with Crippen molar-refractivity contribution in [3.05, 3.63) is 83.6 Å². The van der Waals surface area contributed by atoms with Crippen LogP contribution < -0.4 is 0 Å². The maximum atomic E-state index is 4.90. The highest BCUT2D eigenvalue weighted by Gasteiger charge is 2.18. The summed E-state index contributed by atoms with van der Waals surface area (Å²) in [5, 5.41) is 3.77. The van der Waals surface area contributed by atoms with E-state index in [-0.39, 0.29) is 5.41 Å². The van der Waals surface area contributed by atoms with Gasteiger partial charge < -0.3 is 0 Å². The first-order valence-corrected chi connectivity index (χ1v) is 10.7. The maximum Gasteiger partial charge on any atom is 0.145 e. The van der Waals surface area contributed by atoms with Gasteiger partial charge in [-0.1, -0.05) is 69.3 Å². The number of pyridine rings is 1. The summed E-state index contributed by atoms with van der Waals surface area (Å²) in [6.45, 7) is 11.3. The molecule has 2 aromatic heterocycles. The molecule has 0 unspecified atom stereocenters. The van der Waals surface area contributed by atoms with Crippen molar-refractivity contribution < 1.29 is 0 Å². The summed E-state index contributed by atoms with van der Waals surface area (Å²) in [7, 11) is 0. The second-order valence-electron chi connectivity index (χ2n) is 9.70. The minimum Gasteiger partial charge on any atom is -0.292 e. The highest BCUT2D eigenvalue weighted by molar-refractivity contribution is 6.12. The predicted octanol–water partition coefficient (Wildman–Crippen LogP) is 7.51. The van der Waals surface area contributed by atoms with Crippen molar-refractivity contribution in [2.45, 2.75) is 41.0 Å². The van der Waals surface area contributed by atoms with Crippen LogP contribution in [0, 0.1) is 19.3 Å². The summed E-state index contributed by atoms with van der Waals surface area (Å²) in [5.74, 6) is 0. The number of hydrogen-bond acceptors (Lipinski definition) is 1. The van der Waals surface area contributed by atoms with Crippen LogP contribution in [0.2, 0.25) is 0 Å². The number of aryl methyl sites for hydroxylation is 2. The van der Waals surface area contributed by atoms with Crippen LogP contribution in [0.3, 0.4) is 0 Å². The van der Waals surface area contributed by atoms with E-state index in [0.717, 1.165) is 12.1 Å². The zero-order valence-electron chi connectivity index (χ0n) is 18.5. The predicted molar refractivity (Wildman–Crippen MR) is 128 cm³/mol. The molecule has 3 aromatic carbocycles. The molecule has 0 saturated carbocycles. The number of fused-ring (bicyclic) bond motifs is 6. The molecule has 0 radical (unpaired) electrons. The minimum absolute atomic E-state index is 0.256. The number of aromatic nitrogens is 2. The summed E-state index contributed by atoms with van der Waals surface area (Å²) in [5.41, 5.74) is 8.89. The average molecular weight is 393 g/mol. The number of rotatable bonds is 2. The number of benzene rings is 3. The van der Waals surface area contributed by atoms with Crippen LogP contribution in [0.4, 0.5) is 0 Å². The quantitative estimate of drug-likeness (QED) is 0.284. The molecule has 0 saturated heterocycles. The molecule has 0 spiro atoms. The molecular formula is C28H28N2. The molecule has 0 atom stereocenters. The van der Waals surface area contributed by atoms with E-state index in [0.29, 0.717) is 0 Å². The van der Waals surface area contributed by atoms with Gasteiger partial charge in [-0.05, 0) is 59.9 Å². The SMILES string of the molecule is Cc1cccc(C)c1-c1cnc2c3ccccc3c3cc(CC(C)(C)C)ccc3n12. The first kappa shape index (κ1) is 18.9. The van der Waals surface area contributed by atoms with E-state index in [1.54, 1.807) is 0 Å². The molecule has 0 aliphatic heterocycles. The smallest absolute Gasteiger partial charge is 0.145 e. The lowest BCUT2D eigenvalue weighted by Gasteiger charge is -2.19. The van der Waals surface area contributed by atoms with Crippen LogP contribution in [0.5, 0.6) is 0 Å². The molecule has 5 aromatic rings. The van der Waals surface area contributed by atoms with Gasteiger partial charge in [-0.25, -0.2) is 4.98 Å². The Morgan fingerprint density at radius 3 is 2.20 bits per heavy atom. The van der Waals surface area contributed by atoms with E-state index in [9.17, 15) is 0 Å². The summed E-state index contributed by atoms with van der Waals surface area (Å²) in [6.07, 6.45) is 3.10. The molecule has 0 aliphatic rings. The van der Waals surface area contributed by atoms with E-state index in [1.807, 2.05) is 6.20 Å². The maximum absolute atomic E-state index is 4.90. The van der Waals surface area contributed by atoms with Gasteiger partial charge in [-0.2, -0.15) is 0 Å². The third-order valence-corrected chi connectivity index (χ3v) is 5.99. The molecule has 0 N–H and O–H groups in total. The van der Waals surface area contributed by atoms with Crippen LogP contribution in [-0.4, -0.2) is 9.38 Å². The van der Waals surface area contributed by atoms with E-state index in [1.165, 1.54) is 49.6 Å². The second kappa shape index (κ2) is 6.70. The lowest BCUT2D eigenvalue weighted by atomic mass is 9.87. The first-order valence-electron chi connectivity index (χ1n) is 10.7. The highest BCUT2D eigenvalue weighted by Crippen LogP contribution is 2.36. The Morgan fingerprint density at radius 1 is 0.800 bits per heavy atom. The third kappa shape index (κ3) is 2.99. The molecule has 0 amide bonds. The summed E-state index contributed by atoms with van der Waals surface area (Å²) >= 11 is 0. The molecule has 0 bridgehead atoms. The van der Waals surface area contributed by atoms with Crippen molar-refractivity contribution in [3.63, 3.8) is 0 Å². The van der Waals surface area contributed by atoms with Gasteiger partial charge in [0.1, 0.15) is 5.65 Å². The van der Waals surface area contributed by atoms with Gasteiger partial charge in [0.2, 0.25) is 0 Å². The molecule has 2 heterocycles. The highest BCUT2D eigenvalue weighted by atomic mass is 15.0. The fourth-order valence-electron chi connectivity index (χ4n) is 4.81. The van der Waals surface area contributed by atoms with Crippen molar-refractivity contribution in [2.24, 2.45) is 5.41 Å². The molecule has 0 fully saturated rings. The lowest BCUT2D eigenvalue weighted by Crippen LogP contribution is -2.09. The molecule has 2 nitrogen and oxygen atoms in total. The van der Waals surface area contributed by atoms with Gasteiger partial charge in [-0.3, -0.25) is 4.40 Å². The average Bonchev–Trinajstić information content (AvgIpc) is 3.12. The topological polar surface area (TPSA) is 17.3 Å². The number of hydrogen-bond donors (Lipinski definition) is 0. The van der Waals surface area contributed by atoms with Crippen LogP contribution >= 0.6 is 0 Å². The fourth-order valence-corrected chi connectivity index (χ4v) is 4.81. The van der Waals surface area contributed by atoms with Crippen LogP contribution in [0.25, 0.3) is 38.6 Å². The Labute approximate surface area is 178 Å². The van der Waals surface area contributed by atoms with Gasteiger partial charge in [0.15, 0.2) is 0 Å². The van der Waals surface area contributed by atoms with Gasteiger partial charge in [0.05, 0.1) is 17.4 Å². The largest absolute Gasteiger partial charge is 0.292 e. The standard InChI is InChI=1S/C28H28N2/c1-18-9-8-10-19(2)26(18)25-17-29-27-22-12-7-6-11-21(22)23-15-20(16-28(3,4)5)13-14-24(23)30(25)27/h6-15,17H,16H2,1-5H3. The Hall–Kier alpha value is -3.13. The molecule has 150 valence electrons. The minimum atomic E-state index is 0.256. The Morgan fingerprint density at radius 2 is 1.50 bits per heavy atom. The van der Waals surface area contributed by atoms with E-state index in [2.05, 4.69) is 99.7 Å². The zero-order valence-corrected chi connectivity index (χ0v) is 18.5. The lowest BCUT2D eigenvalue weighted by molar-refractivity contribution is 0.411. The van der Waals surface area contributed by atoms with E-state index >= 15 is 0 Å². The number of nitrogens with zero attached hydrogens (tertiary/aromatic N) is 2. The Balaban J connectivity index is 1.92. The molecular weight excluding hydrogens is 364 g/mol. The summed E-state index contributed by atoms with van der Waals surface area (Å²) in [6, 6.07) is 22.1. The fraction of sp³-hybridized carbons (Fsp3) is 0.250. The zero-order chi connectivity index (χ0) is 21.0. The van der Waals surface area contributed by atoms with Gasteiger partial charge in [0, 0.05) is 16.3 Å². The van der Waals surface area contributed by atoms with Crippen molar-refractivity contribution in [1.29, 1.82) is 0 Å². The van der Waals surface area contributed by atoms with Gasteiger partial charge in [-0.15, -0.1) is 0 Å². The van der Waals surface area contributed by atoms with Gasteiger partial charge in [0.25, 0.3) is 0 Å². The monoisotopic (exact) mass is 392 g/mol. The van der Waals surface area contributed by atoms with Crippen LogP contribution in [-0.2, 0) is 6.42 Å². The van der Waals surface area contributed by atoms with Crippen molar-refractivity contribution >= 4 is 27.3 Å². The Bertz CT molecular complexity index is 1390. The van der Waals surface area contributed by atoms with Gasteiger partial charge >= 0.3 is 0 Å². The first-order chi connectivity index (χ1) is 14.3. The normalized spacial score (nSPS) is 12.3. The van der Waals surface area contributed by atoms with E-state index in [4.69, 9.17) is 4.98 Å². The van der Waals surface area contributed by atoms with Crippen molar-refractivity contribution in [2.75, 3.05) is 0 Å². The van der Waals surface area contributed by atoms with Crippen molar-refractivity contribution in [1.82, 2.24) is 9.38 Å². The summed E-state index contributed by atoms with van der Waals surface area (Å²) in [4.78, 5) is 4.90. The second-order valence-corrected chi connectivity index (χ2v) is 9.70. The van der Waals surface area contributed by atoms with E-state index < -0.39 is 0 Å². The molecule has 2 heteroatoms. The summed E-state index contributed by atoms with van der Waals surface area (Å²) < 4.78 is 2.36. The number of imidazole rings is 1. The Kier molecular flexibility index (Phi) is 4.21. The molecule has 5 rings (SSSR count). The van der Waals surface area contributed by atoms with Crippen LogP contribution in [0.15, 0.2) is 66.9 Å².